The first-order chi connectivity index (χ1) is 13.0. The Bertz CT molecular complexity index is 937. The highest BCUT2D eigenvalue weighted by Crippen LogP contribution is 2.21. The van der Waals surface area contributed by atoms with E-state index in [9.17, 15) is 9.59 Å². The van der Waals surface area contributed by atoms with Crippen molar-refractivity contribution in [2.45, 2.75) is 11.3 Å². The van der Waals surface area contributed by atoms with Gasteiger partial charge in [-0.15, -0.1) is 11.8 Å². The summed E-state index contributed by atoms with van der Waals surface area (Å²) in [5.41, 5.74) is 1.19. The van der Waals surface area contributed by atoms with Crippen molar-refractivity contribution in [3.05, 3.63) is 77.3 Å². The van der Waals surface area contributed by atoms with E-state index in [0.717, 1.165) is 4.90 Å². The number of nitrogens with zero attached hydrogens (tertiary/aromatic N) is 2. The molecule has 1 heterocycles. The Morgan fingerprint density at radius 1 is 1.11 bits per heavy atom. The number of carbonyl (C=O) groups is 2. The van der Waals surface area contributed by atoms with Gasteiger partial charge in [-0.3, -0.25) is 9.59 Å². The number of nitrogens with one attached hydrogen (secondary N) is 1. The van der Waals surface area contributed by atoms with Crippen molar-refractivity contribution in [3.8, 4) is 0 Å². The number of carbonyl (C=O) groups excluding carboxylic acids is 2. The molecule has 3 aromatic rings. The van der Waals surface area contributed by atoms with E-state index >= 15 is 0 Å². The van der Waals surface area contributed by atoms with Crippen molar-refractivity contribution in [1.82, 2.24) is 9.55 Å². The number of anilines is 1. The molecule has 0 saturated carbocycles. The Morgan fingerprint density at radius 3 is 2.44 bits per heavy atom. The van der Waals surface area contributed by atoms with Crippen LogP contribution in [0.5, 0.6) is 0 Å². The summed E-state index contributed by atoms with van der Waals surface area (Å²) in [6.45, 7) is 0. The number of aryl methyl sites for hydroxylation is 1. The minimum atomic E-state index is -0.153. The molecule has 0 aliphatic carbocycles. The molecule has 1 aromatic heterocycles. The molecule has 0 fully saturated rings. The average Bonchev–Trinajstić information content (AvgIpc) is 3.09. The molecular weight excluding hydrogens is 382 g/mol. The number of hydrogen-bond donors (Lipinski definition) is 1. The molecule has 27 heavy (non-hydrogen) atoms. The van der Waals surface area contributed by atoms with Gasteiger partial charge in [0.1, 0.15) is 0 Å². The summed E-state index contributed by atoms with van der Waals surface area (Å²) in [6, 6.07) is 14.4. The molecule has 0 saturated heterocycles. The van der Waals surface area contributed by atoms with Gasteiger partial charge in [0.15, 0.2) is 5.82 Å². The molecule has 2 aromatic carbocycles. The first kappa shape index (κ1) is 19.2. The van der Waals surface area contributed by atoms with E-state index in [1.807, 2.05) is 24.3 Å². The lowest BCUT2D eigenvalue weighted by Gasteiger charge is -2.07. The third-order valence-electron chi connectivity index (χ3n) is 3.87. The zero-order valence-corrected chi connectivity index (χ0v) is 16.3. The van der Waals surface area contributed by atoms with E-state index in [4.69, 9.17) is 11.6 Å². The maximum atomic E-state index is 12.4. The van der Waals surface area contributed by atoms with E-state index in [1.54, 1.807) is 60.0 Å². The summed E-state index contributed by atoms with van der Waals surface area (Å²) in [7, 11) is 1.77. The van der Waals surface area contributed by atoms with Gasteiger partial charge in [-0.25, -0.2) is 4.98 Å². The van der Waals surface area contributed by atoms with Crippen LogP contribution in [0.2, 0.25) is 5.02 Å². The zero-order chi connectivity index (χ0) is 19.2. The Balaban J connectivity index is 1.50. The van der Waals surface area contributed by atoms with Crippen LogP contribution >= 0.6 is 23.4 Å². The van der Waals surface area contributed by atoms with Gasteiger partial charge >= 0.3 is 0 Å². The first-order valence-electron chi connectivity index (χ1n) is 8.33. The van der Waals surface area contributed by atoms with E-state index in [1.165, 1.54) is 0 Å². The molecule has 0 spiro atoms. The molecule has 7 heteroatoms. The number of aromatic nitrogens is 2. The van der Waals surface area contributed by atoms with Crippen molar-refractivity contribution in [1.29, 1.82) is 0 Å². The van der Waals surface area contributed by atoms with Gasteiger partial charge in [0.05, 0.1) is 0 Å². The maximum absolute atomic E-state index is 12.4. The van der Waals surface area contributed by atoms with Crippen LogP contribution in [0.3, 0.4) is 0 Å². The lowest BCUT2D eigenvalue weighted by atomic mass is 10.1. The van der Waals surface area contributed by atoms with E-state index in [2.05, 4.69) is 10.3 Å². The van der Waals surface area contributed by atoms with Crippen LogP contribution in [0, 0.1) is 0 Å². The summed E-state index contributed by atoms with van der Waals surface area (Å²) in [4.78, 5) is 29.6. The van der Waals surface area contributed by atoms with Crippen LogP contribution in [0.25, 0.3) is 0 Å². The molecule has 5 nitrogen and oxygen atoms in total. The third-order valence-corrected chi connectivity index (χ3v) is 5.13. The van der Waals surface area contributed by atoms with Gasteiger partial charge in [0.25, 0.3) is 0 Å². The zero-order valence-electron chi connectivity index (χ0n) is 14.7. The van der Waals surface area contributed by atoms with E-state index in [-0.39, 0.29) is 11.7 Å². The van der Waals surface area contributed by atoms with Crippen molar-refractivity contribution < 1.29 is 9.59 Å². The van der Waals surface area contributed by atoms with Gasteiger partial charge in [-0.05, 0) is 48.5 Å². The molecular formula is C20H18ClN3O2S. The molecule has 0 radical (unpaired) electrons. The predicted octanol–water partition coefficient (Wildman–Crippen LogP) is 4.43. The van der Waals surface area contributed by atoms with E-state index in [0.29, 0.717) is 34.3 Å². The number of benzene rings is 2. The van der Waals surface area contributed by atoms with Crippen molar-refractivity contribution in [2.75, 3.05) is 11.1 Å². The van der Waals surface area contributed by atoms with Crippen LogP contribution in [-0.4, -0.2) is 27.0 Å². The van der Waals surface area contributed by atoms with Gasteiger partial charge in [0.2, 0.25) is 11.7 Å². The van der Waals surface area contributed by atoms with Crippen molar-refractivity contribution >= 4 is 40.7 Å². The number of halogens is 1. The summed E-state index contributed by atoms with van der Waals surface area (Å²) in [5.74, 6) is 0.828. The van der Waals surface area contributed by atoms with Crippen LogP contribution in [-0.2, 0) is 11.8 Å². The number of imidazole rings is 1. The normalized spacial score (nSPS) is 10.6. The lowest BCUT2D eigenvalue weighted by Crippen LogP contribution is -2.13. The minimum absolute atomic E-state index is 0.0698. The van der Waals surface area contributed by atoms with Crippen LogP contribution in [0.1, 0.15) is 22.6 Å². The fraction of sp³-hybridized carbons (Fsp3) is 0.150. The molecule has 0 aliphatic rings. The summed E-state index contributed by atoms with van der Waals surface area (Å²) in [5, 5.41) is 3.54. The van der Waals surface area contributed by atoms with Crippen molar-refractivity contribution in [3.63, 3.8) is 0 Å². The molecule has 3 rings (SSSR count). The third kappa shape index (κ3) is 5.21. The fourth-order valence-corrected chi connectivity index (χ4v) is 3.41. The second-order valence-corrected chi connectivity index (χ2v) is 7.47. The summed E-state index contributed by atoms with van der Waals surface area (Å²) >= 11 is 7.46. The quantitative estimate of drug-likeness (QED) is 0.471. The molecule has 0 unspecified atom stereocenters. The lowest BCUT2D eigenvalue weighted by molar-refractivity contribution is -0.115. The second-order valence-electron chi connectivity index (χ2n) is 5.87. The minimum Gasteiger partial charge on any atom is -0.331 e. The summed E-state index contributed by atoms with van der Waals surface area (Å²) < 4.78 is 1.68. The van der Waals surface area contributed by atoms with Crippen molar-refractivity contribution in [2.24, 2.45) is 7.05 Å². The van der Waals surface area contributed by atoms with E-state index < -0.39 is 0 Å². The van der Waals surface area contributed by atoms with Crippen LogP contribution in [0.15, 0.2) is 65.8 Å². The molecule has 138 valence electrons. The Morgan fingerprint density at radius 2 is 1.81 bits per heavy atom. The summed E-state index contributed by atoms with van der Waals surface area (Å²) in [6.07, 6.45) is 3.70. The molecule has 0 aliphatic heterocycles. The second kappa shape index (κ2) is 8.88. The van der Waals surface area contributed by atoms with Gasteiger partial charge in [0, 0.05) is 52.8 Å². The average molecular weight is 400 g/mol. The first-order valence-corrected chi connectivity index (χ1v) is 9.69. The van der Waals surface area contributed by atoms with Gasteiger partial charge in [-0.2, -0.15) is 0 Å². The molecule has 1 amide bonds. The highest BCUT2D eigenvalue weighted by molar-refractivity contribution is 7.99. The maximum Gasteiger partial charge on any atom is 0.228 e. The highest BCUT2D eigenvalue weighted by atomic mass is 35.5. The van der Waals surface area contributed by atoms with Gasteiger partial charge in [-0.1, -0.05) is 11.6 Å². The predicted molar refractivity (Wildman–Crippen MR) is 109 cm³/mol. The fourth-order valence-electron chi connectivity index (χ4n) is 2.43. The highest BCUT2D eigenvalue weighted by Gasteiger charge is 2.13. The monoisotopic (exact) mass is 399 g/mol. The Hall–Kier alpha value is -2.57. The van der Waals surface area contributed by atoms with Gasteiger partial charge < -0.3 is 9.88 Å². The van der Waals surface area contributed by atoms with Crippen LogP contribution < -0.4 is 5.32 Å². The largest absolute Gasteiger partial charge is 0.331 e. The smallest absolute Gasteiger partial charge is 0.228 e. The number of amides is 1. The molecule has 1 N–H and O–H groups in total. The molecule has 0 bridgehead atoms. The topological polar surface area (TPSA) is 64.0 Å². The molecule has 0 atom stereocenters. The van der Waals surface area contributed by atoms with Crippen LogP contribution in [0.4, 0.5) is 5.69 Å². The number of rotatable bonds is 7. The Kier molecular flexibility index (Phi) is 6.32. The number of thioether (sulfide) groups is 1. The Labute approximate surface area is 166 Å². The SMILES string of the molecule is Cn1ccnc1C(=O)c1ccc(NC(=O)CCSc2ccc(Cl)cc2)cc1. The standard InChI is InChI=1S/C20H18ClN3O2S/c1-24-12-11-22-20(24)19(26)14-2-6-16(7-3-14)23-18(25)10-13-27-17-8-4-15(21)5-9-17/h2-9,11-12H,10,13H2,1H3,(H,23,25). The number of hydrogen-bond acceptors (Lipinski definition) is 4. The number of ketones is 1.